The molecule has 0 fully saturated rings. The van der Waals surface area contributed by atoms with E-state index in [1.165, 1.54) is 11.8 Å². The van der Waals surface area contributed by atoms with Crippen LogP contribution in [0, 0.1) is 6.92 Å². The Morgan fingerprint density at radius 3 is 2.81 bits per heavy atom. The van der Waals surface area contributed by atoms with Crippen molar-refractivity contribution in [2.75, 3.05) is 18.0 Å². The van der Waals surface area contributed by atoms with Gasteiger partial charge in [-0.3, -0.25) is 14.4 Å². The minimum absolute atomic E-state index is 0.0419. The molecule has 0 spiro atoms. The minimum atomic E-state index is -1.06. The number of carboxylic acid groups (broad SMARTS) is 1. The van der Waals surface area contributed by atoms with Gasteiger partial charge in [-0.2, -0.15) is 0 Å². The van der Waals surface area contributed by atoms with E-state index in [0.717, 1.165) is 12.1 Å². The summed E-state index contributed by atoms with van der Waals surface area (Å²) in [6, 6.07) is 7.88. The Morgan fingerprint density at radius 2 is 2.04 bits per heavy atom. The van der Waals surface area contributed by atoms with Gasteiger partial charge in [0.05, 0.1) is 11.8 Å². The number of amides is 2. The fourth-order valence-electron chi connectivity index (χ4n) is 3.33. The predicted octanol–water partition coefficient (Wildman–Crippen LogP) is 2.31. The normalized spacial score (nSPS) is 12.7. The molecule has 27 heavy (non-hydrogen) atoms. The summed E-state index contributed by atoms with van der Waals surface area (Å²) in [5, 5.41) is 11.6. The molecule has 1 aliphatic rings. The third-order valence-corrected chi connectivity index (χ3v) is 4.63. The van der Waals surface area contributed by atoms with Crippen LogP contribution in [0.2, 0.25) is 0 Å². The highest BCUT2D eigenvalue weighted by Crippen LogP contribution is 2.28. The van der Waals surface area contributed by atoms with E-state index < -0.39 is 5.97 Å². The van der Waals surface area contributed by atoms with Crippen molar-refractivity contribution >= 4 is 23.5 Å². The smallest absolute Gasteiger partial charge is 0.311 e. The number of benzene rings is 1. The van der Waals surface area contributed by atoms with Gasteiger partial charge in [-0.15, -0.1) is 0 Å². The number of furan rings is 1. The largest absolute Gasteiger partial charge is 0.481 e. The van der Waals surface area contributed by atoms with E-state index >= 15 is 0 Å². The van der Waals surface area contributed by atoms with E-state index in [-0.39, 0.29) is 29.6 Å². The first-order valence-corrected chi connectivity index (χ1v) is 8.92. The molecule has 0 aliphatic carbocycles. The molecule has 1 aromatic carbocycles. The number of carbonyl (C=O) groups excluding carboxylic acids is 2. The molecular formula is C20H22N2O5. The van der Waals surface area contributed by atoms with E-state index in [1.807, 2.05) is 24.3 Å². The van der Waals surface area contributed by atoms with Crippen LogP contribution in [0.3, 0.4) is 0 Å². The molecule has 0 saturated heterocycles. The van der Waals surface area contributed by atoms with Crippen molar-refractivity contribution in [3.8, 4) is 0 Å². The van der Waals surface area contributed by atoms with E-state index in [2.05, 4.69) is 5.32 Å². The Morgan fingerprint density at radius 1 is 1.26 bits per heavy atom. The molecule has 0 atom stereocenters. The summed E-state index contributed by atoms with van der Waals surface area (Å²) in [6.45, 7) is 2.71. The van der Waals surface area contributed by atoms with Crippen molar-refractivity contribution in [1.29, 1.82) is 0 Å². The van der Waals surface area contributed by atoms with Crippen molar-refractivity contribution in [3.63, 3.8) is 0 Å². The highest BCUT2D eigenvalue weighted by atomic mass is 16.4. The quantitative estimate of drug-likeness (QED) is 0.729. The van der Waals surface area contributed by atoms with Gasteiger partial charge in [0.15, 0.2) is 0 Å². The maximum atomic E-state index is 12.4. The van der Waals surface area contributed by atoms with E-state index in [4.69, 9.17) is 9.52 Å². The Labute approximate surface area is 157 Å². The number of rotatable bonds is 7. The molecule has 1 aromatic heterocycles. The lowest BCUT2D eigenvalue weighted by Gasteiger charge is -2.17. The van der Waals surface area contributed by atoms with Crippen LogP contribution < -0.4 is 10.2 Å². The molecule has 142 valence electrons. The molecule has 2 N–H and O–H groups in total. The molecule has 2 amide bonds. The first-order chi connectivity index (χ1) is 13.0. The molecular weight excluding hydrogens is 348 g/mol. The Balaban J connectivity index is 1.50. The third-order valence-electron chi connectivity index (χ3n) is 4.63. The van der Waals surface area contributed by atoms with Crippen molar-refractivity contribution in [2.24, 2.45) is 0 Å². The molecule has 0 saturated carbocycles. The summed E-state index contributed by atoms with van der Waals surface area (Å²) >= 11 is 0. The number of aliphatic carboxylic acids is 1. The number of hydrogen-bond donors (Lipinski definition) is 2. The Kier molecular flexibility index (Phi) is 5.59. The molecule has 2 aromatic rings. The summed E-state index contributed by atoms with van der Waals surface area (Å²) in [5.74, 6) is -1.26. The van der Waals surface area contributed by atoms with E-state index in [0.29, 0.717) is 31.5 Å². The number of carboxylic acids is 1. The van der Waals surface area contributed by atoms with Crippen LogP contribution in [0.1, 0.15) is 40.1 Å². The number of para-hydroxylation sites is 1. The highest BCUT2D eigenvalue weighted by molar-refractivity contribution is 5.97. The van der Waals surface area contributed by atoms with Crippen molar-refractivity contribution in [3.05, 3.63) is 53.0 Å². The second kappa shape index (κ2) is 8.07. The van der Waals surface area contributed by atoms with Gasteiger partial charge in [-0.25, -0.2) is 0 Å². The third kappa shape index (κ3) is 4.19. The van der Waals surface area contributed by atoms with Crippen LogP contribution in [-0.2, 0) is 22.4 Å². The van der Waals surface area contributed by atoms with Gasteiger partial charge >= 0.3 is 5.97 Å². The van der Waals surface area contributed by atoms with Crippen LogP contribution >= 0.6 is 0 Å². The predicted molar refractivity (Wildman–Crippen MR) is 98.9 cm³/mol. The second-order valence-electron chi connectivity index (χ2n) is 6.57. The lowest BCUT2D eigenvalue weighted by molar-refractivity contribution is -0.136. The number of fused-ring (bicyclic) bond motifs is 1. The van der Waals surface area contributed by atoms with Gasteiger partial charge in [-0.1, -0.05) is 18.2 Å². The maximum absolute atomic E-state index is 12.4. The van der Waals surface area contributed by atoms with E-state index in [1.54, 1.807) is 11.8 Å². The topological polar surface area (TPSA) is 99.8 Å². The monoisotopic (exact) mass is 370 g/mol. The maximum Gasteiger partial charge on any atom is 0.311 e. The standard InChI is InChI=1S/C20H22N2O5/c1-13-12-27-16(11-18(24)25)19(13)20(26)21-9-4-7-17(23)22-10-8-14-5-2-3-6-15(14)22/h2-3,5-6,12H,4,7-11H2,1H3,(H,21,26)(H,24,25). The zero-order valence-corrected chi connectivity index (χ0v) is 15.2. The van der Waals surface area contributed by atoms with E-state index in [9.17, 15) is 14.4 Å². The number of anilines is 1. The first kappa shape index (κ1) is 18.7. The summed E-state index contributed by atoms with van der Waals surface area (Å²) in [4.78, 5) is 37.4. The van der Waals surface area contributed by atoms with Crippen LogP contribution in [0.5, 0.6) is 0 Å². The van der Waals surface area contributed by atoms with Gasteiger partial charge < -0.3 is 19.7 Å². The molecule has 1 aliphatic heterocycles. The summed E-state index contributed by atoms with van der Waals surface area (Å²) < 4.78 is 5.17. The first-order valence-electron chi connectivity index (χ1n) is 8.92. The van der Waals surface area contributed by atoms with Gasteiger partial charge in [0, 0.05) is 30.8 Å². The van der Waals surface area contributed by atoms with Gasteiger partial charge in [0.1, 0.15) is 12.2 Å². The summed E-state index contributed by atoms with van der Waals surface area (Å²) in [7, 11) is 0. The van der Waals surface area contributed by atoms with Gasteiger partial charge in [0.2, 0.25) is 5.91 Å². The average molecular weight is 370 g/mol. The minimum Gasteiger partial charge on any atom is -0.481 e. The molecule has 7 heteroatoms. The molecule has 0 radical (unpaired) electrons. The summed E-state index contributed by atoms with van der Waals surface area (Å²) in [5.41, 5.74) is 3.00. The lowest BCUT2D eigenvalue weighted by Crippen LogP contribution is -2.30. The highest BCUT2D eigenvalue weighted by Gasteiger charge is 2.24. The number of nitrogens with zero attached hydrogens (tertiary/aromatic N) is 1. The number of aryl methyl sites for hydroxylation is 1. The number of hydrogen-bond acceptors (Lipinski definition) is 4. The van der Waals surface area contributed by atoms with Gasteiger partial charge in [0.25, 0.3) is 5.91 Å². The zero-order valence-electron chi connectivity index (χ0n) is 15.2. The van der Waals surface area contributed by atoms with Gasteiger partial charge in [-0.05, 0) is 31.4 Å². The van der Waals surface area contributed by atoms with Crippen molar-refractivity contribution in [2.45, 2.75) is 32.6 Å². The SMILES string of the molecule is Cc1coc(CC(=O)O)c1C(=O)NCCCC(=O)N1CCc2ccccc21. The van der Waals surface area contributed by atoms with Crippen molar-refractivity contribution < 1.29 is 23.9 Å². The Bertz CT molecular complexity index is 871. The van der Waals surface area contributed by atoms with Crippen molar-refractivity contribution in [1.82, 2.24) is 5.32 Å². The summed E-state index contributed by atoms with van der Waals surface area (Å²) in [6.07, 6.45) is 2.74. The molecule has 0 bridgehead atoms. The van der Waals surface area contributed by atoms with Crippen LogP contribution in [0.25, 0.3) is 0 Å². The molecule has 0 unspecified atom stereocenters. The zero-order chi connectivity index (χ0) is 19.4. The van der Waals surface area contributed by atoms with Crippen LogP contribution in [0.15, 0.2) is 34.9 Å². The number of carbonyl (C=O) groups is 3. The van der Waals surface area contributed by atoms with Crippen LogP contribution in [0.4, 0.5) is 5.69 Å². The van der Waals surface area contributed by atoms with Crippen LogP contribution in [-0.4, -0.2) is 36.0 Å². The fourth-order valence-corrected chi connectivity index (χ4v) is 3.33. The fraction of sp³-hybridized carbons (Fsp3) is 0.350. The second-order valence-corrected chi connectivity index (χ2v) is 6.57. The molecule has 3 rings (SSSR count). The average Bonchev–Trinajstić information content (AvgIpc) is 3.21. The lowest BCUT2D eigenvalue weighted by atomic mass is 10.1. The molecule has 2 heterocycles. The number of nitrogens with one attached hydrogen (secondary N) is 1. The molecule has 7 nitrogen and oxygen atoms in total. The Hall–Kier alpha value is -3.09.